The molecule has 0 bridgehead atoms. The zero-order valence-electron chi connectivity index (χ0n) is 52.7. The number of nitrogens with zero attached hydrogens (tertiary/aromatic N) is 3. The standard InChI is InChI=1S/C71H75B2F6N5O7Si/c1-43(2)64(85)17-12-13-31-83(39-47-33-49(70(74,75)76)20-27-62(47)72(87)88)42-61-54-16-11-10-15-53(54)60(41-84(32-14-30-81-69(86)44(3)4)40-48-34-50(71(77,78)79)21-28-63(48)73(89)90)55-24-18-45(35-58(55)61)46-19-29-65(91-7)59(36-46)68-56-25-22-51(80)37-66(56)92(8,9)67-38-52(82(5)6)23-26-57(67)68/h10-11,15-16,18-29,33-38,80,87-90H,1,3,12-14,17,30-32,39-42H2,2,4-9H3,(H,81,86). The van der Waals surface area contributed by atoms with Crippen LogP contribution in [0.5, 0.6) is 5.75 Å². The van der Waals surface area contributed by atoms with Gasteiger partial charge in [0.15, 0.2) is 5.78 Å². The maximum atomic E-state index is 14.5. The van der Waals surface area contributed by atoms with Gasteiger partial charge in [0.05, 0.1) is 23.9 Å². The molecule has 7 aromatic carbocycles. The van der Waals surface area contributed by atoms with E-state index < -0.39 is 45.8 Å². The fourth-order valence-electron chi connectivity index (χ4n) is 12.6. The molecule has 21 heteroatoms. The van der Waals surface area contributed by atoms with E-state index in [-0.39, 0.29) is 91.6 Å². The molecule has 0 saturated heterocycles. The summed E-state index contributed by atoms with van der Waals surface area (Å²) in [5.41, 5.74) is 6.69. The van der Waals surface area contributed by atoms with Crippen LogP contribution in [0.25, 0.3) is 38.2 Å². The van der Waals surface area contributed by atoms with Crippen LogP contribution in [0, 0.1) is 5.41 Å². The Hall–Kier alpha value is -8.14. The van der Waals surface area contributed by atoms with Crippen molar-refractivity contribution < 1.29 is 60.8 Å². The molecule has 12 nitrogen and oxygen atoms in total. The molecule has 0 spiro atoms. The average Bonchev–Trinajstić information content (AvgIpc) is 0.725. The lowest BCUT2D eigenvalue weighted by atomic mass is 9.76. The number of carbonyl (C=O) groups excluding carboxylic acids is 2. The first-order valence-electron chi connectivity index (χ1n) is 30.4. The maximum Gasteiger partial charge on any atom is 0.488 e. The maximum absolute atomic E-state index is 14.5. The predicted molar refractivity (Wildman–Crippen MR) is 359 cm³/mol. The van der Waals surface area contributed by atoms with E-state index in [1.54, 1.807) is 27.0 Å². The van der Waals surface area contributed by atoms with Crippen molar-refractivity contribution in [2.45, 2.75) is 91.2 Å². The molecule has 0 fully saturated rings. The Bertz CT molecular complexity index is 4160. The van der Waals surface area contributed by atoms with Gasteiger partial charge in [-0.1, -0.05) is 105 Å². The van der Waals surface area contributed by atoms with Crippen molar-refractivity contribution in [1.82, 2.24) is 15.1 Å². The van der Waals surface area contributed by atoms with Crippen LogP contribution in [0.2, 0.25) is 13.1 Å². The number of anilines is 1. The number of hydrogen-bond acceptors (Lipinski definition) is 11. The van der Waals surface area contributed by atoms with Gasteiger partial charge in [-0.25, -0.2) is 0 Å². The molecule has 0 atom stereocenters. The summed E-state index contributed by atoms with van der Waals surface area (Å²) in [6.45, 7) is 15.7. The van der Waals surface area contributed by atoms with E-state index in [0.717, 1.165) is 103 Å². The highest BCUT2D eigenvalue weighted by Gasteiger charge is 2.41. The number of carbonyl (C=O) groups is 2. The third-order valence-corrected chi connectivity index (χ3v) is 21.0. The van der Waals surface area contributed by atoms with E-state index >= 15 is 0 Å². The van der Waals surface area contributed by atoms with Gasteiger partial charge in [0.1, 0.15) is 13.8 Å². The first kappa shape index (κ1) is 68.2. The summed E-state index contributed by atoms with van der Waals surface area (Å²) in [6.07, 6.45) is -2.44. The number of benzene rings is 7. The fourth-order valence-corrected chi connectivity index (χ4v) is 15.6. The van der Waals surface area contributed by atoms with Gasteiger partial charge in [-0.05, 0) is 193 Å². The third-order valence-electron chi connectivity index (χ3n) is 17.5. The molecule has 6 N–H and O–H groups in total. The minimum atomic E-state index is -4.77. The Labute approximate surface area is 534 Å². The van der Waals surface area contributed by atoms with Crippen LogP contribution in [-0.4, -0.2) is 110 Å². The number of unbranched alkanes of at least 4 members (excludes halogenated alkanes) is 1. The number of nitrogens with one attached hydrogen (secondary N) is 2. The molecule has 1 heterocycles. The van der Waals surface area contributed by atoms with Crippen molar-refractivity contribution in [2.24, 2.45) is 0 Å². The van der Waals surface area contributed by atoms with Crippen LogP contribution in [0.3, 0.4) is 0 Å². The van der Waals surface area contributed by atoms with E-state index in [4.69, 9.17) is 10.1 Å². The number of ether oxygens (including phenoxy) is 1. The van der Waals surface area contributed by atoms with Gasteiger partial charge in [-0.15, -0.1) is 0 Å². The largest absolute Gasteiger partial charge is 0.496 e. The molecular weight excluding hydrogens is 1200 g/mol. The van der Waals surface area contributed by atoms with Crippen molar-refractivity contribution in [2.75, 3.05) is 45.7 Å². The smallest absolute Gasteiger partial charge is 0.488 e. The number of rotatable bonds is 25. The lowest BCUT2D eigenvalue weighted by molar-refractivity contribution is -0.138. The molecule has 9 rings (SSSR count). The second-order valence-corrected chi connectivity index (χ2v) is 28.9. The molecule has 0 aromatic heterocycles. The van der Waals surface area contributed by atoms with Crippen LogP contribution >= 0.6 is 0 Å². The zero-order valence-corrected chi connectivity index (χ0v) is 53.7. The number of amides is 1. The van der Waals surface area contributed by atoms with E-state index in [2.05, 4.69) is 60.7 Å². The van der Waals surface area contributed by atoms with Crippen LogP contribution in [0.15, 0.2) is 169 Å². The second kappa shape index (κ2) is 28.0. The van der Waals surface area contributed by atoms with Gasteiger partial charge in [0.25, 0.3) is 0 Å². The summed E-state index contributed by atoms with van der Waals surface area (Å²) < 4.78 is 93.2. The zero-order chi connectivity index (χ0) is 66.7. The predicted octanol–water partition coefficient (Wildman–Crippen LogP) is 11.3. The Balaban J connectivity index is 1.28. The molecular formula is C71H75B2F6N5O7Si. The summed E-state index contributed by atoms with van der Waals surface area (Å²) in [5, 5.41) is 59.2. The monoisotopic (exact) mass is 1270 g/mol. The Morgan fingerprint density at radius 1 is 0.641 bits per heavy atom. The quantitative estimate of drug-likeness (QED) is 0.0106. The molecule has 0 saturated carbocycles. The summed E-state index contributed by atoms with van der Waals surface area (Å²) >= 11 is 0. The van der Waals surface area contributed by atoms with E-state index in [9.17, 15) is 56.0 Å². The van der Waals surface area contributed by atoms with Gasteiger partial charge in [-0.2, -0.15) is 26.3 Å². The van der Waals surface area contributed by atoms with E-state index in [0.29, 0.717) is 47.1 Å². The van der Waals surface area contributed by atoms with Gasteiger partial charge in [0.2, 0.25) is 5.91 Å². The Morgan fingerprint density at radius 2 is 1.20 bits per heavy atom. The lowest BCUT2D eigenvalue weighted by Gasteiger charge is -2.38. The number of fused-ring (bicyclic) bond motifs is 4. The number of methoxy groups -OCH3 is 1. The Morgan fingerprint density at radius 3 is 1.74 bits per heavy atom. The second-order valence-electron chi connectivity index (χ2n) is 24.6. The molecule has 0 unspecified atom stereocenters. The summed E-state index contributed by atoms with van der Waals surface area (Å²) in [6, 6.07) is 31.6. The normalized spacial score (nSPS) is 13.8. The highest BCUT2D eigenvalue weighted by Crippen LogP contribution is 2.46. The van der Waals surface area contributed by atoms with Gasteiger partial charge in [0, 0.05) is 76.6 Å². The summed E-state index contributed by atoms with van der Waals surface area (Å²) in [4.78, 5) is 31.4. The molecule has 1 aliphatic heterocycles. The molecule has 1 aliphatic carbocycles. The average molecular weight is 1270 g/mol. The van der Waals surface area contributed by atoms with Crippen LogP contribution in [-0.2, 0) is 48.1 Å². The highest BCUT2D eigenvalue weighted by molar-refractivity contribution is 6.98. The van der Waals surface area contributed by atoms with Crippen LogP contribution in [0.1, 0.15) is 84.0 Å². The number of ketones is 1. The van der Waals surface area contributed by atoms with E-state index in [1.807, 2.05) is 90.6 Å². The highest BCUT2D eigenvalue weighted by atomic mass is 28.3. The summed E-state index contributed by atoms with van der Waals surface area (Å²) in [7, 11) is -1.05. The van der Waals surface area contributed by atoms with Crippen molar-refractivity contribution >= 4 is 88.6 Å². The first-order valence-corrected chi connectivity index (χ1v) is 33.4. The van der Waals surface area contributed by atoms with Crippen molar-refractivity contribution in [3.05, 3.63) is 213 Å². The van der Waals surface area contributed by atoms with Gasteiger partial charge in [-0.3, -0.25) is 19.4 Å². The molecule has 92 heavy (non-hydrogen) atoms. The van der Waals surface area contributed by atoms with E-state index in [1.165, 1.54) is 5.19 Å². The third kappa shape index (κ3) is 15.0. The lowest BCUT2D eigenvalue weighted by Crippen LogP contribution is -2.49. The summed E-state index contributed by atoms with van der Waals surface area (Å²) in [5.74, 6) is 0.0892. The molecule has 2 aliphatic rings. The van der Waals surface area contributed by atoms with Crippen molar-refractivity contribution in [3.8, 4) is 16.9 Å². The molecule has 1 amide bonds. The number of Topliss-reactive ketones (excluding diaryl/α,β-unsaturated/α-hetero) is 1. The van der Waals surface area contributed by atoms with Crippen molar-refractivity contribution in [1.29, 1.82) is 5.41 Å². The minimum absolute atomic E-state index is 0.0106. The van der Waals surface area contributed by atoms with Gasteiger partial charge < -0.3 is 40.5 Å². The number of hydrogen-bond donors (Lipinski definition) is 6. The Kier molecular flexibility index (Phi) is 20.8. The minimum Gasteiger partial charge on any atom is -0.496 e. The first-order chi connectivity index (χ1) is 43.5. The van der Waals surface area contributed by atoms with Crippen LogP contribution < -0.4 is 31.1 Å². The fraction of sp³-hybridized carbons (Fsp3) is 0.282. The number of halogens is 6. The SMILES string of the molecule is C=C(C)C(=O)CCCCN(Cc1cc(C(F)(F)F)ccc1B(O)O)Cc1c2ccccc2c(CN(CCCNC(=O)C(=C)C)Cc2cc(C(F)(F)F)ccc2B(O)O)c2ccc(-c3ccc(OC)c(C4=C5C=CC(=N)C=C5[Si](C)(C)c5cc(N(C)C)ccc54)c3)cc12. The van der Waals surface area contributed by atoms with Crippen LogP contribution in [0.4, 0.5) is 32.0 Å². The molecule has 478 valence electrons. The topological polar surface area (TPSA) is 170 Å². The van der Waals surface area contributed by atoms with Crippen molar-refractivity contribution in [3.63, 3.8) is 0 Å². The molecule has 7 aromatic rings. The number of allylic oxidation sites excluding steroid dienone is 6. The van der Waals surface area contributed by atoms with Gasteiger partial charge >= 0.3 is 26.6 Å². The number of alkyl halides is 6. The molecule has 0 radical (unpaired) electrons.